The molecule has 4 atom stereocenters. The fourth-order valence-electron chi connectivity index (χ4n) is 3.88. The Kier molecular flexibility index (Phi) is 3.60. The Hall–Kier alpha value is -0.0800. The molecular weight excluding hydrogens is 198 g/mol. The van der Waals surface area contributed by atoms with Crippen molar-refractivity contribution in [2.75, 3.05) is 6.61 Å². The van der Waals surface area contributed by atoms with Crippen LogP contribution in [0.2, 0.25) is 0 Å². The number of ether oxygens (including phenoxy) is 1. The first-order chi connectivity index (χ1) is 7.52. The lowest BCUT2D eigenvalue weighted by Crippen LogP contribution is -2.58. The molecule has 1 heterocycles. The minimum Gasteiger partial charge on any atom is -0.378 e. The van der Waals surface area contributed by atoms with Gasteiger partial charge in [0.1, 0.15) is 0 Å². The van der Waals surface area contributed by atoms with Gasteiger partial charge in [-0.25, -0.2) is 0 Å². The molecule has 0 bridgehead atoms. The molecule has 1 N–H and O–H groups in total. The van der Waals surface area contributed by atoms with E-state index in [-0.39, 0.29) is 0 Å². The highest BCUT2D eigenvalue weighted by Crippen LogP contribution is 2.40. The Morgan fingerprint density at radius 1 is 1.31 bits per heavy atom. The Balaban J connectivity index is 1.98. The zero-order valence-electron chi connectivity index (χ0n) is 11.3. The standard InChI is InChI=1S/C14H27NO/c1-5-16-11-6-7-13-12(8-11)10(2)9-14(3,4)15-13/h10-13,15H,5-9H2,1-4H3. The summed E-state index contributed by atoms with van der Waals surface area (Å²) in [5.74, 6) is 1.67. The minimum atomic E-state index is 0.332. The van der Waals surface area contributed by atoms with E-state index in [1.807, 2.05) is 0 Å². The van der Waals surface area contributed by atoms with Crippen molar-refractivity contribution in [2.45, 2.75) is 71.1 Å². The lowest BCUT2D eigenvalue weighted by atomic mass is 9.68. The molecule has 0 spiro atoms. The van der Waals surface area contributed by atoms with E-state index in [4.69, 9.17) is 4.74 Å². The van der Waals surface area contributed by atoms with Crippen LogP contribution in [0.5, 0.6) is 0 Å². The molecule has 1 saturated carbocycles. The van der Waals surface area contributed by atoms with Crippen molar-refractivity contribution >= 4 is 0 Å². The number of piperidine rings is 1. The van der Waals surface area contributed by atoms with Crippen molar-refractivity contribution in [1.29, 1.82) is 0 Å². The second-order valence-corrected chi connectivity index (χ2v) is 6.37. The first kappa shape index (κ1) is 12.4. The third-order valence-corrected chi connectivity index (χ3v) is 4.39. The average molecular weight is 225 g/mol. The van der Waals surface area contributed by atoms with Crippen molar-refractivity contribution in [3.8, 4) is 0 Å². The highest BCUT2D eigenvalue weighted by molar-refractivity contribution is 4.98. The van der Waals surface area contributed by atoms with Gasteiger partial charge in [-0.1, -0.05) is 6.92 Å². The molecule has 2 nitrogen and oxygen atoms in total. The molecule has 1 saturated heterocycles. The third kappa shape index (κ3) is 2.60. The Labute approximate surface area is 100 Å². The molecule has 16 heavy (non-hydrogen) atoms. The van der Waals surface area contributed by atoms with Crippen LogP contribution >= 0.6 is 0 Å². The van der Waals surface area contributed by atoms with Crippen molar-refractivity contribution in [3.63, 3.8) is 0 Å². The maximum absolute atomic E-state index is 5.80. The minimum absolute atomic E-state index is 0.332. The van der Waals surface area contributed by atoms with Crippen molar-refractivity contribution in [1.82, 2.24) is 5.32 Å². The van der Waals surface area contributed by atoms with Gasteiger partial charge < -0.3 is 10.1 Å². The zero-order chi connectivity index (χ0) is 11.8. The van der Waals surface area contributed by atoms with Gasteiger partial charge in [0.05, 0.1) is 6.10 Å². The van der Waals surface area contributed by atoms with Crippen LogP contribution in [0.4, 0.5) is 0 Å². The summed E-state index contributed by atoms with van der Waals surface area (Å²) in [6.07, 6.45) is 5.63. The van der Waals surface area contributed by atoms with Crippen LogP contribution in [-0.2, 0) is 4.74 Å². The number of fused-ring (bicyclic) bond motifs is 1. The lowest BCUT2D eigenvalue weighted by molar-refractivity contribution is -0.0227. The second-order valence-electron chi connectivity index (χ2n) is 6.37. The van der Waals surface area contributed by atoms with Gasteiger partial charge in [0.2, 0.25) is 0 Å². The summed E-state index contributed by atoms with van der Waals surface area (Å²) in [6, 6.07) is 0.732. The summed E-state index contributed by atoms with van der Waals surface area (Å²) >= 11 is 0. The Morgan fingerprint density at radius 2 is 2.06 bits per heavy atom. The molecule has 1 aliphatic carbocycles. The smallest absolute Gasteiger partial charge is 0.0578 e. The van der Waals surface area contributed by atoms with Gasteiger partial charge in [0, 0.05) is 18.2 Å². The SMILES string of the molecule is CCOC1CCC2NC(C)(C)CC(C)C2C1. The number of rotatable bonds is 2. The van der Waals surface area contributed by atoms with E-state index in [0.29, 0.717) is 11.6 Å². The Bertz CT molecular complexity index is 239. The van der Waals surface area contributed by atoms with E-state index >= 15 is 0 Å². The third-order valence-electron chi connectivity index (χ3n) is 4.39. The van der Waals surface area contributed by atoms with Gasteiger partial charge in [0.25, 0.3) is 0 Å². The van der Waals surface area contributed by atoms with E-state index in [0.717, 1.165) is 24.5 Å². The molecule has 94 valence electrons. The number of hydrogen-bond acceptors (Lipinski definition) is 2. The molecule has 0 amide bonds. The molecule has 0 aromatic heterocycles. The van der Waals surface area contributed by atoms with Crippen LogP contribution in [0.1, 0.15) is 53.4 Å². The fraction of sp³-hybridized carbons (Fsp3) is 1.00. The molecule has 4 unspecified atom stereocenters. The van der Waals surface area contributed by atoms with Gasteiger partial charge >= 0.3 is 0 Å². The maximum Gasteiger partial charge on any atom is 0.0578 e. The lowest BCUT2D eigenvalue weighted by Gasteiger charge is -2.49. The predicted molar refractivity (Wildman–Crippen MR) is 67.5 cm³/mol. The van der Waals surface area contributed by atoms with Crippen molar-refractivity contribution in [2.24, 2.45) is 11.8 Å². The van der Waals surface area contributed by atoms with E-state index in [2.05, 4.69) is 33.0 Å². The van der Waals surface area contributed by atoms with E-state index in [9.17, 15) is 0 Å². The summed E-state index contributed by atoms with van der Waals surface area (Å²) in [6.45, 7) is 10.1. The molecular formula is C14H27NO. The van der Waals surface area contributed by atoms with Gasteiger partial charge in [0.15, 0.2) is 0 Å². The van der Waals surface area contributed by atoms with Gasteiger partial charge in [-0.2, -0.15) is 0 Å². The maximum atomic E-state index is 5.80. The molecule has 0 radical (unpaired) electrons. The highest BCUT2D eigenvalue weighted by atomic mass is 16.5. The molecule has 2 fully saturated rings. The second kappa shape index (κ2) is 4.66. The van der Waals surface area contributed by atoms with Gasteiger partial charge in [-0.15, -0.1) is 0 Å². The summed E-state index contributed by atoms with van der Waals surface area (Å²) in [5.41, 5.74) is 0.332. The number of hydrogen-bond donors (Lipinski definition) is 1. The molecule has 1 aliphatic heterocycles. The first-order valence-corrected chi connectivity index (χ1v) is 6.91. The highest BCUT2D eigenvalue weighted by Gasteiger charge is 2.42. The molecule has 2 rings (SSSR count). The number of nitrogens with one attached hydrogen (secondary N) is 1. The fourth-order valence-corrected chi connectivity index (χ4v) is 3.88. The molecule has 2 aliphatic rings. The van der Waals surface area contributed by atoms with Crippen LogP contribution in [0.15, 0.2) is 0 Å². The van der Waals surface area contributed by atoms with Crippen LogP contribution in [0, 0.1) is 11.8 Å². The van der Waals surface area contributed by atoms with E-state index in [1.165, 1.54) is 25.7 Å². The van der Waals surface area contributed by atoms with Crippen LogP contribution in [-0.4, -0.2) is 24.3 Å². The monoisotopic (exact) mass is 225 g/mol. The van der Waals surface area contributed by atoms with Crippen LogP contribution in [0.3, 0.4) is 0 Å². The topological polar surface area (TPSA) is 21.3 Å². The first-order valence-electron chi connectivity index (χ1n) is 6.91. The van der Waals surface area contributed by atoms with Gasteiger partial charge in [-0.05, 0) is 58.3 Å². The zero-order valence-corrected chi connectivity index (χ0v) is 11.3. The quantitative estimate of drug-likeness (QED) is 0.780. The van der Waals surface area contributed by atoms with Gasteiger partial charge in [-0.3, -0.25) is 0 Å². The summed E-state index contributed by atoms with van der Waals surface area (Å²) < 4.78 is 5.80. The molecule has 2 heteroatoms. The predicted octanol–water partition coefficient (Wildman–Crippen LogP) is 2.97. The normalized spacial score (nSPS) is 42.8. The summed E-state index contributed by atoms with van der Waals surface area (Å²) in [5, 5.41) is 3.83. The largest absolute Gasteiger partial charge is 0.378 e. The van der Waals surface area contributed by atoms with E-state index in [1.54, 1.807) is 0 Å². The summed E-state index contributed by atoms with van der Waals surface area (Å²) in [7, 11) is 0. The molecule has 0 aromatic rings. The average Bonchev–Trinajstić information content (AvgIpc) is 2.18. The summed E-state index contributed by atoms with van der Waals surface area (Å²) in [4.78, 5) is 0. The van der Waals surface area contributed by atoms with Crippen molar-refractivity contribution < 1.29 is 4.74 Å². The van der Waals surface area contributed by atoms with Crippen LogP contribution in [0.25, 0.3) is 0 Å². The van der Waals surface area contributed by atoms with E-state index < -0.39 is 0 Å². The van der Waals surface area contributed by atoms with Crippen LogP contribution < -0.4 is 5.32 Å². The molecule has 0 aromatic carbocycles. The Morgan fingerprint density at radius 3 is 2.75 bits per heavy atom. The van der Waals surface area contributed by atoms with Crippen molar-refractivity contribution in [3.05, 3.63) is 0 Å².